The summed E-state index contributed by atoms with van der Waals surface area (Å²) < 4.78 is 0. The highest BCUT2D eigenvalue weighted by Crippen LogP contribution is 2.40. The average molecular weight is 319 g/mol. The van der Waals surface area contributed by atoms with Gasteiger partial charge in [0.1, 0.15) is 0 Å². The lowest BCUT2D eigenvalue weighted by molar-refractivity contribution is -0.396. The average Bonchev–Trinajstić information content (AvgIpc) is 2.44. The summed E-state index contributed by atoms with van der Waals surface area (Å²) >= 11 is 1.13. The summed E-state index contributed by atoms with van der Waals surface area (Å²) in [5.74, 6) is 0. The molecule has 22 heavy (non-hydrogen) atoms. The van der Waals surface area contributed by atoms with Crippen molar-refractivity contribution in [3.8, 4) is 0 Å². The van der Waals surface area contributed by atoms with Crippen LogP contribution in [0, 0.1) is 34.1 Å². The normalized spacial score (nSPS) is 10.5. The fourth-order valence-corrected chi connectivity index (χ4v) is 3.12. The minimum atomic E-state index is -0.660. The molecule has 2 aromatic carbocycles. The molecule has 114 valence electrons. The second-order valence-corrected chi connectivity index (χ2v) is 5.85. The Hall–Kier alpha value is -2.61. The van der Waals surface area contributed by atoms with Crippen LogP contribution in [-0.4, -0.2) is 9.85 Å². The van der Waals surface area contributed by atoms with Crippen LogP contribution in [0.2, 0.25) is 0 Å². The van der Waals surface area contributed by atoms with Gasteiger partial charge in [0.2, 0.25) is 0 Å². The van der Waals surface area contributed by atoms with Gasteiger partial charge in [-0.1, -0.05) is 17.8 Å². The first-order chi connectivity index (χ1) is 10.3. The molecule has 0 atom stereocenters. The van der Waals surface area contributed by atoms with E-state index < -0.39 is 9.85 Å². The molecule has 0 unspecified atom stereocenters. The molecule has 2 aromatic rings. The third kappa shape index (κ3) is 3.17. The lowest BCUT2D eigenvalue weighted by Crippen LogP contribution is -1.96. The second kappa shape index (κ2) is 6.02. The van der Waals surface area contributed by atoms with E-state index in [1.54, 1.807) is 0 Å². The fourth-order valence-electron chi connectivity index (χ4n) is 1.99. The number of non-ortho nitro benzene ring substituents is 1. The van der Waals surface area contributed by atoms with Crippen molar-refractivity contribution in [3.63, 3.8) is 0 Å². The van der Waals surface area contributed by atoms with E-state index in [0.717, 1.165) is 29.0 Å². The van der Waals surface area contributed by atoms with E-state index in [0.29, 0.717) is 15.5 Å². The fraction of sp³-hybridized carbons (Fsp3) is 0.143. The lowest BCUT2D eigenvalue weighted by Gasteiger charge is -2.10. The Kier molecular flexibility index (Phi) is 4.32. The van der Waals surface area contributed by atoms with Crippen molar-refractivity contribution in [1.82, 2.24) is 0 Å². The molecular weight excluding hydrogens is 306 g/mol. The number of nitrogens with two attached hydrogens (primary N) is 1. The first-order valence-electron chi connectivity index (χ1n) is 6.27. The van der Waals surface area contributed by atoms with Gasteiger partial charge in [0.15, 0.2) is 0 Å². The number of nitrogen functional groups attached to an aromatic ring is 1. The smallest absolute Gasteiger partial charge is 0.290 e. The minimum absolute atomic E-state index is 0.308. The van der Waals surface area contributed by atoms with E-state index in [2.05, 4.69) is 0 Å². The molecule has 0 fully saturated rings. The molecule has 7 nitrogen and oxygen atoms in total. The molecular formula is C14H13N3O4S. The summed E-state index contributed by atoms with van der Waals surface area (Å²) in [5.41, 5.74) is 7.79. The van der Waals surface area contributed by atoms with Crippen molar-refractivity contribution >= 4 is 28.8 Å². The third-order valence-electron chi connectivity index (χ3n) is 3.06. The zero-order chi connectivity index (χ0) is 16.4. The monoisotopic (exact) mass is 319 g/mol. The Morgan fingerprint density at radius 1 is 1.00 bits per heavy atom. The minimum Gasteiger partial charge on any atom is -0.398 e. The summed E-state index contributed by atoms with van der Waals surface area (Å²) in [6.45, 7) is 3.76. The van der Waals surface area contributed by atoms with Crippen molar-refractivity contribution in [2.24, 2.45) is 0 Å². The van der Waals surface area contributed by atoms with Crippen LogP contribution in [0.15, 0.2) is 40.1 Å². The predicted octanol–water partition coefficient (Wildman–Crippen LogP) is 3.85. The van der Waals surface area contributed by atoms with Gasteiger partial charge in [0.25, 0.3) is 11.4 Å². The van der Waals surface area contributed by atoms with Gasteiger partial charge in [0.05, 0.1) is 20.8 Å². The van der Waals surface area contributed by atoms with Crippen molar-refractivity contribution in [1.29, 1.82) is 0 Å². The van der Waals surface area contributed by atoms with Crippen molar-refractivity contribution in [2.45, 2.75) is 23.6 Å². The summed E-state index contributed by atoms with van der Waals surface area (Å²) in [4.78, 5) is 21.6. The van der Waals surface area contributed by atoms with Gasteiger partial charge in [-0.05, 0) is 37.1 Å². The molecule has 0 spiro atoms. The largest absolute Gasteiger partial charge is 0.398 e. The van der Waals surface area contributed by atoms with Crippen molar-refractivity contribution < 1.29 is 9.85 Å². The molecule has 2 N–H and O–H groups in total. The summed E-state index contributed by atoms with van der Waals surface area (Å²) in [5, 5.41) is 21.9. The molecule has 0 aromatic heterocycles. The number of hydrogen-bond donors (Lipinski definition) is 1. The number of anilines is 1. The van der Waals surface area contributed by atoms with Crippen LogP contribution in [0.25, 0.3) is 0 Å². The Morgan fingerprint density at radius 3 is 2.27 bits per heavy atom. The van der Waals surface area contributed by atoms with Crippen molar-refractivity contribution in [2.75, 3.05) is 5.73 Å². The Morgan fingerprint density at radius 2 is 1.68 bits per heavy atom. The molecule has 0 saturated carbocycles. The van der Waals surface area contributed by atoms with Crippen LogP contribution >= 0.6 is 11.8 Å². The number of benzene rings is 2. The number of nitrogens with zero attached hydrogens (tertiary/aromatic N) is 2. The maximum absolute atomic E-state index is 11.1. The first-order valence-corrected chi connectivity index (χ1v) is 7.08. The number of nitro benzene ring substituents is 2. The molecule has 0 aliphatic carbocycles. The quantitative estimate of drug-likeness (QED) is 0.520. The first kappa shape index (κ1) is 15.8. The van der Waals surface area contributed by atoms with E-state index in [9.17, 15) is 20.2 Å². The molecule has 0 heterocycles. The Balaban J connectivity index is 2.50. The Bertz CT molecular complexity index is 777. The zero-order valence-electron chi connectivity index (χ0n) is 11.9. The van der Waals surface area contributed by atoms with Gasteiger partial charge in [-0.25, -0.2) is 0 Å². The highest BCUT2D eigenvalue weighted by atomic mass is 32.2. The van der Waals surface area contributed by atoms with Gasteiger partial charge in [0, 0.05) is 16.6 Å². The third-order valence-corrected chi connectivity index (χ3v) is 4.19. The van der Waals surface area contributed by atoms with E-state index in [4.69, 9.17) is 5.73 Å². The lowest BCUT2D eigenvalue weighted by atomic mass is 10.1. The van der Waals surface area contributed by atoms with Crippen LogP contribution in [0.5, 0.6) is 0 Å². The van der Waals surface area contributed by atoms with Gasteiger partial charge in [-0.3, -0.25) is 20.2 Å². The molecule has 0 saturated heterocycles. The van der Waals surface area contributed by atoms with E-state index in [-0.39, 0.29) is 11.4 Å². The molecule has 0 amide bonds. The number of rotatable bonds is 4. The second-order valence-electron chi connectivity index (χ2n) is 4.76. The topological polar surface area (TPSA) is 112 Å². The van der Waals surface area contributed by atoms with Gasteiger partial charge in [-0.2, -0.15) is 0 Å². The number of nitro groups is 2. The number of aryl methyl sites for hydroxylation is 2. The molecule has 2 rings (SSSR count). The summed E-state index contributed by atoms with van der Waals surface area (Å²) in [6.07, 6.45) is 0. The number of hydrogen-bond acceptors (Lipinski definition) is 6. The zero-order valence-corrected chi connectivity index (χ0v) is 12.7. The van der Waals surface area contributed by atoms with E-state index >= 15 is 0 Å². The van der Waals surface area contributed by atoms with Gasteiger partial charge >= 0.3 is 0 Å². The molecule has 0 radical (unpaired) electrons. The van der Waals surface area contributed by atoms with Gasteiger partial charge < -0.3 is 5.73 Å². The Labute approximate surface area is 130 Å². The highest BCUT2D eigenvalue weighted by molar-refractivity contribution is 7.99. The highest BCUT2D eigenvalue weighted by Gasteiger charge is 2.21. The van der Waals surface area contributed by atoms with Crippen LogP contribution in [-0.2, 0) is 0 Å². The van der Waals surface area contributed by atoms with E-state index in [1.165, 1.54) is 12.1 Å². The van der Waals surface area contributed by atoms with Gasteiger partial charge in [-0.15, -0.1) is 0 Å². The standard InChI is InChI=1S/C14H13N3O4S/c1-8-5-9(2)14(15)13(6-8)22-12-4-3-10(16(18)19)7-11(12)17(20)21/h3-7H,15H2,1-2H3. The molecule has 0 bridgehead atoms. The maximum atomic E-state index is 11.1. The van der Waals surface area contributed by atoms with Crippen LogP contribution in [0.4, 0.5) is 17.1 Å². The van der Waals surface area contributed by atoms with E-state index in [1.807, 2.05) is 26.0 Å². The SMILES string of the molecule is Cc1cc(C)c(N)c(Sc2ccc([N+](=O)[O-])cc2[N+](=O)[O-])c1. The molecule has 8 heteroatoms. The summed E-state index contributed by atoms with van der Waals surface area (Å²) in [6, 6.07) is 7.33. The van der Waals surface area contributed by atoms with Crippen LogP contribution in [0.1, 0.15) is 11.1 Å². The predicted molar refractivity (Wildman–Crippen MR) is 84.2 cm³/mol. The maximum Gasteiger partial charge on any atom is 0.290 e. The van der Waals surface area contributed by atoms with Crippen LogP contribution in [0.3, 0.4) is 0 Å². The van der Waals surface area contributed by atoms with Crippen LogP contribution < -0.4 is 5.73 Å². The molecule has 0 aliphatic rings. The summed E-state index contributed by atoms with van der Waals surface area (Å²) in [7, 11) is 0. The molecule has 0 aliphatic heterocycles. The van der Waals surface area contributed by atoms with Crippen molar-refractivity contribution in [3.05, 3.63) is 61.7 Å².